The number of rotatable bonds is 5. The minimum Gasteiger partial charge on any atom is -0.392 e. The summed E-state index contributed by atoms with van der Waals surface area (Å²) < 4.78 is 0. The number of fused-ring (bicyclic) bond motifs is 2. The Morgan fingerprint density at radius 1 is 1.14 bits per heavy atom. The Morgan fingerprint density at radius 3 is 2.19 bits per heavy atom. The highest BCUT2D eigenvalue weighted by Gasteiger charge is 2.39. The molecule has 1 saturated carbocycles. The van der Waals surface area contributed by atoms with Crippen LogP contribution in [-0.2, 0) is 0 Å². The molecule has 124 valence electrons. The molecule has 0 amide bonds. The van der Waals surface area contributed by atoms with E-state index in [1.807, 2.05) is 0 Å². The first-order chi connectivity index (χ1) is 9.76. The summed E-state index contributed by atoms with van der Waals surface area (Å²) >= 11 is 0. The third-order valence-electron chi connectivity index (χ3n) is 5.27. The number of aliphatic hydroxyl groups excluding tert-OH is 1. The van der Waals surface area contributed by atoms with E-state index in [1.165, 1.54) is 32.4 Å². The van der Waals surface area contributed by atoms with Gasteiger partial charge in [0.25, 0.3) is 0 Å². The molecular formula is C18H36N2O. The summed E-state index contributed by atoms with van der Waals surface area (Å²) in [7, 11) is 0. The van der Waals surface area contributed by atoms with E-state index in [4.69, 9.17) is 0 Å². The molecule has 1 heterocycles. The first-order valence-electron chi connectivity index (χ1n) is 8.92. The van der Waals surface area contributed by atoms with Gasteiger partial charge in [-0.25, -0.2) is 0 Å². The maximum absolute atomic E-state index is 10.2. The quantitative estimate of drug-likeness (QED) is 0.819. The van der Waals surface area contributed by atoms with Crippen molar-refractivity contribution in [2.75, 3.05) is 19.6 Å². The van der Waals surface area contributed by atoms with Gasteiger partial charge >= 0.3 is 0 Å². The molecule has 1 aliphatic heterocycles. The lowest BCUT2D eigenvalue weighted by Gasteiger charge is -2.49. The summed E-state index contributed by atoms with van der Waals surface area (Å²) in [5.74, 6) is 1.56. The van der Waals surface area contributed by atoms with Crippen molar-refractivity contribution in [2.24, 2.45) is 17.3 Å². The molecule has 1 saturated heterocycles. The van der Waals surface area contributed by atoms with Crippen molar-refractivity contribution >= 4 is 0 Å². The molecule has 0 aromatic heterocycles. The number of hydrogen-bond acceptors (Lipinski definition) is 3. The van der Waals surface area contributed by atoms with Crippen LogP contribution in [0, 0.1) is 17.3 Å². The first-order valence-corrected chi connectivity index (χ1v) is 8.92. The fourth-order valence-electron chi connectivity index (χ4n) is 4.28. The van der Waals surface area contributed by atoms with Gasteiger partial charge in [-0.3, -0.25) is 0 Å². The molecule has 1 aliphatic carbocycles. The van der Waals surface area contributed by atoms with Gasteiger partial charge in [-0.15, -0.1) is 0 Å². The van der Waals surface area contributed by atoms with Crippen LogP contribution in [-0.4, -0.2) is 47.8 Å². The highest BCUT2D eigenvalue weighted by Crippen LogP contribution is 2.35. The third-order valence-corrected chi connectivity index (χ3v) is 5.27. The molecule has 2 aliphatic rings. The molecule has 3 unspecified atom stereocenters. The maximum Gasteiger partial charge on any atom is 0.0669 e. The van der Waals surface area contributed by atoms with Gasteiger partial charge in [0, 0.05) is 31.7 Å². The average Bonchev–Trinajstić information content (AvgIpc) is 2.32. The highest BCUT2D eigenvalue weighted by molar-refractivity contribution is 4.95. The highest BCUT2D eigenvalue weighted by atomic mass is 16.3. The topological polar surface area (TPSA) is 35.5 Å². The zero-order valence-electron chi connectivity index (χ0n) is 14.7. The number of piperidine rings is 1. The first kappa shape index (κ1) is 17.2. The van der Waals surface area contributed by atoms with Gasteiger partial charge in [-0.1, -0.05) is 27.2 Å². The van der Waals surface area contributed by atoms with E-state index in [-0.39, 0.29) is 11.5 Å². The lowest BCUT2D eigenvalue weighted by Crippen LogP contribution is -2.59. The van der Waals surface area contributed by atoms with Crippen LogP contribution in [0.5, 0.6) is 0 Å². The fraction of sp³-hybridized carbons (Fsp3) is 1.00. The van der Waals surface area contributed by atoms with E-state index in [0.29, 0.717) is 12.1 Å². The molecule has 2 bridgehead atoms. The van der Waals surface area contributed by atoms with Crippen LogP contribution < -0.4 is 5.32 Å². The smallest absolute Gasteiger partial charge is 0.0669 e. The Kier molecular flexibility index (Phi) is 5.72. The normalized spacial score (nSPS) is 32.4. The Labute approximate surface area is 131 Å². The SMILES string of the molecule is CC(C)N1CC2CCCC(C1)C2NCC(O)CC(C)(C)C. The molecule has 0 radical (unpaired) electrons. The van der Waals surface area contributed by atoms with E-state index in [2.05, 4.69) is 44.8 Å². The van der Waals surface area contributed by atoms with Crippen LogP contribution in [0.2, 0.25) is 0 Å². The number of hydrogen-bond donors (Lipinski definition) is 2. The van der Waals surface area contributed by atoms with E-state index in [9.17, 15) is 5.11 Å². The van der Waals surface area contributed by atoms with E-state index in [1.54, 1.807) is 0 Å². The zero-order chi connectivity index (χ0) is 15.6. The van der Waals surface area contributed by atoms with Crippen LogP contribution in [0.25, 0.3) is 0 Å². The summed E-state index contributed by atoms with van der Waals surface area (Å²) in [6.45, 7) is 14.5. The monoisotopic (exact) mass is 296 g/mol. The number of nitrogens with zero attached hydrogens (tertiary/aromatic N) is 1. The molecule has 2 N–H and O–H groups in total. The Hall–Kier alpha value is -0.120. The Balaban J connectivity index is 1.86. The largest absolute Gasteiger partial charge is 0.392 e. The van der Waals surface area contributed by atoms with Crippen LogP contribution in [0.3, 0.4) is 0 Å². The summed E-state index contributed by atoms with van der Waals surface area (Å²) in [6, 6.07) is 1.30. The molecule has 0 aromatic carbocycles. The van der Waals surface area contributed by atoms with Crippen molar-refractivity contribution in [1.82, 2.24) is 10.2 Å². The molecule has 3 nitrogen and oxygen atoms in total. The molecular weight excluding hydrogens is 260 g/mol. The van der Waals surface area contributed by atoms with Gasteiger partial charge in [0.15, 0.2) is 0 Å². The van der Waals surface area contributed by atoms with Crippen molar-refractivity contribution in [3.05, 3.63) is 0 Å². The maximum atomic E-state index is 10.2. The van der Waals surface area contributed by atoms with Gasteiger partial charge in [0.1, 0.15) is 0 Å². The molecule has 3 heteroatoms. The van der Waals surface area contributed by atoms with Crippen LogP contribution >= 0.6 is 0 Å². The van der Waals surface area contributed by atoms with Gasteiger partial charge in [0.05, 0.1) is 6.10 Å². The van der Waals surface area contributed by atoms with E-state index >= 15 is 0 Å². The van der Waals surface area contributed by atoms with Crippen molar-refractivity contribution in [3.8, 4) is 0 Å². The standard InChI is InChI=1S/C18H36N2O/c1-13(2)20-11-14-7-6-8-15(12-20)17(14)19-10-16(21)9-18(3,4)5/h13-17,19,21H,6-12H2,1-5H3. The summed E-state index contributed by atoms with van der Waals surface area (Å²) in [6.07, 6.45) is 4.76. The molecule has 2 fully saturated rings. The van der Waals surface area contributed by atoms with E-state index in [0.717, 1.165) is 24.8 Å². The average molecular weight is 296 g/mol. The summed E-state index contributed by atoms with van der Waals surface area (Å²) in [5.41, 5.74) is 0.206. The minimum atomic E-state index is -0.214. The molecule has 21 heavy (non-hydrogen) atoms. The second kappa shape index (κ2) is 6.97. The van der Waals surface area contributed by atoms with Gasteiger partial charge in [0.2, 0.25) is 0 Å². The van der Waals surface area contributed by atoms with Crippen molar-refractivity contribution in [2.45, 2.75) is 78.5 Å². The molecule has 2 rings (SSSR count). The van der Waals surface area contributed by atoms with Crippen molar-refractivity contribution < 1.29 is 5.11 Å². The molecule has 0 spiro atoms. The predicted molar refractivity (Wildman–Crippen MR) is 89.4 cm³/mol. The lowest BCUT2D eigenvalue weighted by atomic mass is 9.73. The second-order valence-electron chi connectivity index (χ2n) is 8.85. The fourth-order valence-corrected chi connectivity index (χ4v) is 4.28. The minimum absolute atomic E-state index is 0.206. The van der Waals surface area contributed by atoms with Gasteiger partial charge in [-0.05, 0) is 50.4 Å². The second-order valence-corrected chi connectivity index (χ2v) is 8.85. The predicted octanol–water partition coefficient (Wildman–Crippen LogP) is 2.88. The summed E-state index contributed by atoms with van der Waals surface area (Å²) in [4.78, 5) is 2.65. The van der Waals surface area contributed by atoms with E-state index < -0.39 is 0 Å². The third kappa shape index (κ3) is 4.94. The lowest BCUT2D eigenvalue weighted by molar-refractivity contribution is 0.0214. The van der Waals surface area contributed by atoms with Crippen molar-refractivity contribution in [3.63, 3.8) is 0 Å². The Bertz CT molecular complexity index is 310. The number of likely N-dealkylation sites (tertiary alicyclic amines) is 1. The molecule has 3 atom stereocenters. The van der Waals surface area contributed by atoms with Crippen LogP contribution in [0.1, 0.15) is 60.3 Å². The Morgan fingerprint density at radius 2 is 1.71 bits per heavy atom. The van der Waals surface area contributed by atoms with Crippen LogP contribution in [0.15, 0.2) is 0 Å². The molecule has 0 aromatic rings. The summed E-state index contributed by atoms with van der Waals surface area (Å²) in [5, 5.41) is 14.0. The number of aliphatic hydroxyl groups is 1. The van der Waals surface area contributed by atoms with Crippen molar-refractivity contribution in [1.29, 1.82) is 0 Å². The number of nitrogens with one attached hydrogen (secondary N) is 1. The van der Waals surface area contributed by atoms with Crippen LogP contribution in [0.4, 0.5) is 0 Å². The van der Waals surface area contributed by atoms with Gasteiger partial charge < -0.3 is 15.3 Å². The van der Waals surface area contributed by atoms with Gasteiger partial charge in [-0.2, -0.15) is 0 Å². The zero-order valence-corrected chi connectivity index (χ0v) is 14.7.